The minimum atomic E-state index is -0.0226. The summed E-state index contributed by atoms with van der Waals surface area (Å²) in [5.74, 6) is 0.480. The molecule has 2 rings (SSSR count). The molecule has 1 saturated heterocycles. The normalized spacial score (nSPS) is 19.5. The van der Waals surface area contributed by atoms with Crippen molar-refractivity contribution in [2.45, 2.75) is 51.7 Å². The summed E-state index contributed by atoms with van der Waals surface area (Å²) >= 11 is 0. The molecule has 0 unspecified atom stereocenters. The molecule has 5 nitrogen and oxygen atoms in total. The zero-order chi connectivity index (χ0) is 15.9. The SMILES string of the molecule is CC[C@H](C)Oc1cc(C(=O)N(C)C[C@H]2CCCCO2)ccn1. The second-order valence-corrected chi connectivity index (χ2v) is 5.89. The Morgan fingerprint density at radius 1 is 1.55 bits per heavy atom. The maximum atomic E-state index is 12.5. The lowest BCUT2D eigenvalue weighted by molar-refractivity contribution is -0.000196. The van der Waals surface area contributed by atoms with E-state index in [0.29, 0.717) is 18.0 Å². The number of aromatic nitrogens is 1. The van der Waals surface area contributed by atoms with Crippen molar-refractivity contribution in [3.8, 4) is 5.88 Å². The molecular weight excluding hydrogens is 280 g/mol. The summed E-state index contributed by atoms with van der Waals surface area (Å²) in [5, 5.41) is 0. The summed E-state index contributed by atoms with van der Waals surface area (Å²) in [6, 6.07) is 3.44. The number of hydrogen-bond donors (Lipinski definition) is 0. The number of carbonyl (C=O) groups is 1. The average Bonchev–Trinajstić information content (AvgIpc) is 2.55. The van der Waals surface area contributed by atoms with Crippen molar-refractivity contribution < 1.29 is 14.3 Å². The van der Waals surface area contributed by atoms with Crippen LogP contribution < -0.4 is 4.74 Å². The van der Waals surface area contributed by atoms with Crippen LogP contribution in [0.4, 0.5) is 0 Å². The van der Waals surface area contributed by atoms with Gasteiger partial charge in [-0.2, -0.15) is 0 Å². The van der Waals surface area contributed by atoms with Gasteiger partial charge < -0.3 is 14.4 Å². The zero-order valence-electron chi connectivity index (χ0n) is 13.7. The number of pyridine rings is 1. The first kappa shape index (κ1) is 16.7. The standard InChI is InChI=1S/C17H26N2O3/c1-4-13(2)22-16-11-14(8-9-18-16)17(20)19(3)12-15-7-5-6-10-21-15/h8-9,11,13,15H,4-7,10,12H2,1-3H3/t13-,15+/m0/s1. The van der Waals surface area contributed by atoms with Crippen molar-refractivity contribution in [1.29, 1.82) is 0 Å². The molecule has 22 heavy (non-hydrogen) atoms. The van der Waals surface area contributed by atoms with Crippen molar-refractivity contribution in [2.75, 3.05) is 20.2 Å². The Labute approximate surface area is 132 Å². The molecule has 1 amide bonds. The van der Waals surface area contributed by atoms with Crippen molar-refractivity contribution in [3.05, 3.63) is 23.9 Å². The quantitative estimate of drug-likeness (QED) is 0.811. The third kappa shape index (κ3) is 4.70. The number of carbonyl (C=O) groups excluding carboxylic acids is 1. The average molecular weight is 306 g/mol. The summed E-state index contributed by atoms with van der Waals surface area (Å²) in [6.45, 7) is 5.47. The molecule has 0 radical (unpaired) electrons. The molecule has 122 valence electrons. The summed E-state index contributed by atoms with van der Waals surface area (Å²) in [7, 11) is 1.82. The number of hydrogen-bond acceptors (Lipinski definition) is 4. The Balaban J connectivity index is 1.97. The first-order valence-corrected chi connectivity index (χ1v) is 8.10. The Hall–Kier alpha value is -1.62. The highest BCUT2D eigenvalue weighted by atomic mass is 16.5. The van der Waals surface area contributed by atoms with E-state index in [1.165, 1.54) is 6.42 Å². The molecule has 1 fully saturated rings. The lowest BCUT2D eigenvalue weighted by Crippen LogP contribution is -2.37. The summed E-state index contributed by atoms with van der Waals surface area (Å²) < 4.78 is 11.4. The highest BCUT2D eigenvalue weighted by Gasteiger charge is 2.20. The van der Waals surface area contributed by atoms with Crippen LogP contribution in [-0.2, 0) is 4.74 Å². The lowest BCUT2D eigenvalue weighted by atomic mass is 10.1. The topological polar surface area (TPSA) is 51.7 Å². The molecule has 0 spiro atoms. The number of likely N-dealkylation sites (N-methyl/N-ethyl adjacent to an activating group) is 1. The van der Waals surface area contributed by atoms with E-state index >= 15 is 0 Å². The first-order chi connectivity index (χ1) is 10.6. The van der Waals surface area contributed by atoms with E-state index in [-0.39, 0.29) is 18.1 Å². The second kappa shape index (κ2) is 8.13. The molecule has 0 saturated carbocycles. The minimum absolute atomic E-state index is 0.0226. The molecule has 0 aliphatic carbocycles. The molecule has 0 bridgehead atoms. The van der Waals surface area contributed by atoms with Gasteiger partial charge in [-0.25, -0.2) is 4.98 Å². The van der Waals surface area contributed by atoms with Gasteiger partial charge in [0.05, 0.1) is 12.2 Å². The smallest absolute Gasteiger partial charge is 0.253 e. The molecule has 1 aliphatic rings. The highest BCUT2D eigenvalue weighted by molar-refractivity contribution is 5.94. The number of rotatable bonds is 6. The number of amides is 1. The van der Waals surface area contributed by atoms with Crippen LogP contribution in [0.3, 0.4) is 0 Å². The Kier molecular flexibility index (Phi) is 6.19. The minimum Gasteiger partial charge on any atom is -0.475 e. The van der Waals surface area contributed by atoms with Crippen molar-refractivity contribution >= 4 is 5.91 Å². The number of ether oxygens (including phenoxy) is 2. The van der Waals surface area contributed by atoms with E-state index in [4.69, 9.17) is 9.47 Å². The maximum absolute atomic E-state index is 12.5. The van der Waals surface area contributed by atoms with Gasteiger partial charge in [-0.1, -0.05) is 6.92 Å². The van der Waals surface area contributed by atoms with Gasteiger partial charge in [0.25, 0.3) is 5.91 Å². The van der Waals surface area contributed by atoms with Gasteiger partial charge in [0.1, 0.15) is 0 Å². The Morgan fingerprint density at radius 3 is 3.05 bits per heavy atom. The van der Waals surface area contributed by atoms with Gasteiger partial charge in [-0.05, 0) is 38.7 Å². The van der Waals surface area contributed by atoms with Crippen LogP contribution in [-0.4, -0.2) is 48.2 Å². The summed E-state index contributed by atoms with van der Waals surface area (Å²) in [5.41, 5.74) is 0.603. The van der Waals surface area contributed by atoms with Gasteiger partial charge >= 0.3 is 0 Å². The van der Waals surface area contributed by atoms with E-state index in [9.17, 15) is 4.79 Å². The predicted molar refractivity (Wildman–Crippen MR) is 85.2 cm³/mol. The van der Waals surface area contributed by atoms with E-state index in [2.05, 4.69) is 11.9 Å². The predicted octanol–water partition coefficient (Wildman–Crippen LogP) is 2.90. The fourth-order valence-electron chi connectivity index (χ4n) is 2.46. The zero-order valence-corrected chi connectivity index (χ0v) is 13.7. The summed E-state index contributed by atoms with van der Waals surface area (Å²) in [6.07, 6.45) is 6.08. The van der Waals surface area contributed by atoms with Crippen LogP contribution in [0, 0.1) is 0 Å². The Morgan fingerprint density at radius 2 is 2.36 bits per heavy atom. The van der Waals surface area contributed by atoms with Crippen LogP contribution in [0.2, 0.25) is 0 Å². The molecule has 1 aromatic rings. The van der Waals surface area contributed by atoms with E-state index < -0.39 is 0 Å². The molecule has 5 heteroatoms. The van der Waals surface area contributed by atoms with Crippen LogP contribution in [0.5, 0.6) is 5.88 Å². The van der Waals surface area contributed by atoms with Crippen molar-refractivity contribution in [2.24, 2.45) is 0 Å². The fraction of sp³-hybridized carbons (Fsp3) is 0.647. The van der Waals surface area contributed by atoms with Crippen molar-refractivity contribution in [1.82, 2.24) is 9.88 Å². The number of nitrogens with zero attached hydrogens (tertiary/aromatic N) is 2. The van der Waals surface area contributed by atoms with Crippen LogP contribution >= 0.6 is 0 Å². The van der Waals surface area contributed by atoms with E-state index in [1.807, 2.05) is 14.0 Å². The molecule has 1 aromatic heterocycles. The van der Waals surface area contributed by atoms with Gasteiger partial charge in [0.2, 0.25) is 5.88 Å². The van der Waals surface area contributed by atoms with Gasteiger partial charge in [0, 0.05) is 38.0 Å². The highest BCUT2D eigenvalue weighted by Crippen LogP contribution is 2.16. The van der Waals surface area contributed by atoms with Crippen LogP contribution in [0.25, 0.3) is 0 Å². The molecule has 2 atom stereocenters. The van der Waals surface area contributed by atoms with Crippen molar-refractivity contribution in [3.63, 3.8) is 0 Å². The largest absolute Gasteiger partial charge is 0.475 e. The lowest BCUT2D eigenvalue weighted by Gasteiger charge is -2.27. The van der Waals surface area contributed by atoms with Gasteiger partial charge in [0.15, 0.2) is 0 Å². The van der Waals surface area contributed by atoms with Crippen LogP contribution in [0.15, 0.2) is 18.3 Å². The maximum Gasteiger partial charge on any atom is 0.253 e. The summed E-state index contributed by atoms with van der Waals surface area (Å²) in [4.78, 5) is 18.4. The van der Waals surface area contributed by atoms with Gasteiger partial charge in [-0.15, -0.1) is 0 Å². The van der Waals surface area contributed by atoms with E-state index in [0.717, 1.165) is 25.9 Å². The van der Waals surface area contributed by atoms with E-state index in [1.54, 1.807) is 23.2 Å². The molecule has 0 N–H and O–H groups in total. The molecule has 2 heterocycles. The monoisotopic (exact) mass is 306 g/mol. The molecule has 1 aliphatic heterocycles. The van der Waals surface area contributed by atoms with Crippen LogP contribution in [0.1, 0.15) is 49.9 Å². The third-order valence-electron chi connectivity index (χ3n) is 3.98. The third-order valence-corrected chi connectivity index (χ3v) is 3.98. The fourth-order valence-corrected chi connectivity index (χ4v) is 2.46. The van der Waals surface area contributed by atoms with Gasteiger partial charge in [-0.3, -0.25) is 4.79 Å². The Bertz CT molecular complexity index is 487. The second-order valence-electron chi connectivity index (χ2n) is 5.89. The first-order valence-electron chi connectivity index (χ1n) is 8.10. The molecule has 0 aromatic carbocycles. The molecular formula is C17H26N2O3.